The van der Waals surface area contributed by atoms with E-state index in [1.54, 1.807) is 0 Å². The Bertz CT molecular complexity index is 991. The second-order valence-corrected chi connectivity index (χ2v) is 8.53. The van der Waals surface area contributed by atoms with Crippen molar-refractivity contribution in [3.05, 3.63) is 36.0 Å². The van der Waals surface area contributed by atoms with Crippen LogP contribution in [0.3, 0.4) is 0 Å². The number of carbonyl (C=O) groups excluding carboxylic acids is 1. The number of hydrogen-bond donors (Lipinski definition) is 1. The van der Waals surface area contributed by atoms with Crippen molar-refractivity contribution in [2.45, 2.75) is 25.4 Å². The summed E-state index contributed by atoms with van der Waals surface area (Å²) in [6, 6.07) is 8.23. The molecule has 0 spiro atoms. The lowest BCUT2D eigenvalue weighted by Gasteiger charge is -2.35. The van der Waals surface area contributed by atoms with E-state index in [2.05, 4.69) is 26.3 Å². The monoisotopic (exact) mass is 468 g/mol. The Hall–Kier alpha value is -2.79. The van der Waals surface area contributed by atoms with Crippen LogP contribution in [0.15, 0.2) is 30.5 Å². The lowest BCUT2D eigenvalue weighted by atomic mass is 10.2. The minimum Gasteiger partial charge on any atom is -0.475 e. The lowest BCUT2D eigenvalue weighted by Crippen LogP contribution is -2.47. The third-order valence-corrected chi connectivity index (χ3v) is 6.01. The van der Waals surface area contributed by atoms with E-state index in [-0.39, 0.29) is 5.91 Å². The number of anilines is 1. The van der Waals surface area contributed by atoms with Crippen molar-refractivity contribution in [1.82, 2.24) is 14.4 Å². The molecule has 0 aromatic carbocycles. The van der Waals surface area contributed by atoms with Gasteiger partial charge in [-0.05, 0) is 49.4 Å². The van der Waals surface area contributed by atoms with Gasteiger partial charge in [0.05, 0.1) is 18.7 Å². The van der Waals surface area contributed by atoms with E-state index in [1.807, 2.05) is 18.3 Å². The Labute approximate surface area is 189 Å². The van der Waals surface area contributed by atoms with Crippen LogP contribution >= 0.6 is 0 Å². The minimum absolute atomic E-state index is 0.0432. The third kappa shape index (κ3) is 5.77. The number of fused-ring (bicyclic) bond motifs is 1. The Morgan fingerprint density at radius 2 is 1.70 bits per heavy atom. The zero-order valence-corrected chi connectivity index (χ0v) is 18.1. The summed E-state index contributed by atoms with van der Waals surface area (Å²) in [6.07, 6.45) is 0.626. The highest BCUT2D eigenvalue weighted by Crippen LogP contribution is 2.30. The summed E-state index contributed by atoms with van der Waals surface area (Å²) in [5.41, 5.74) is 1.81. The summed E-state index contributed by atoms with van der Waals surface area (Å²) in [6.45, 7) is 6.94. The number of carboxylic acid groups (broad SMARTS) is 1. The van der Waals surface area contributed by atoms with Gasteiger partial charge in [-0.15, -0.1) is 0 Å². The molecule has 5 rings (SSSR count). The molecule has 1 saturated carbocycles. The summed E-state index contributed by atoms with van der Waals surface area (Å²) in [5, 5.41) is 8.61. The number of amides is 1. The number of alkyl halides is 3. The predicted octanol–water partition coefficient (Wildman–Crippen LogP) is 2.88. The number of halogens is 3. The minimum atomic E-state index is -5.08. The van der Waals surface area contributed by atoms with Gasteiger partial charge in [0.2, 0.25) is 0 Å². The van der Waals surface area contributed by atoms with Crippen molar-refractivity contribution in [2.75, 3.05) is 50.8 Å². The first kappa shape index (κ1) is 23.4. The fraction of sp³-hybridized carbons (Fsp3) is 0.545. The Morgan fingerprint density at radius 1 is 1.03 bits per heavy atom. The summed E-state index contributed by atoms with van der Waals surface area (Å²) in [7, 11) is 0. The molecule has 1 N–H and O–H groups in total. The van der Waals surface area contributed by atoms with Crippen LogP contribution in [0.5, 0.6) is 0 Å². The number of rotatable bonds is 4. The molecule has 3 fully saturated rings. The molecule has 0 bridgehead atoms. The Balaban J connectivity index is 0.000000325. The van der Waals surface area contributed by atoms with E-state index in [0.29, 0.717) is 18.7 Å². The summed E-state index contributed by atoms with van der Waals surface area (Å²) in [5.74, 6) is -0.661. The van der Waals surface area contributed by atoms with Crippen LogP contribution in [0.2, 0.25) is 0 Å². The molecule has 2 saturated heterocycles. The number of hydrogen-bond acceptors (Lipinski definition) is 5. The highest BCUT2D eigenvalue weighted by atomic mass is 19.4. The quantitative estimate of drug-likeness (QED) is 0.744. The molecule has 4 heterocycles. The Kier molecular flexibility index (Phi) is 6.80. The molecule has 1 aliphatic carbocycles. The first-order chi connectivity index (χ1) is 15.7. The maximum atomic E-state index is 12.6. The molecular weight excluding hydrogens is 441 g/mol. The second-order valence-electron chi connectivity index (χ2n) is 8.53. The van der Waals surface area contributed by atoms with Gasteiger partial charge in [-0.1, -0.05) is 0 Å². The van der Waals surface area contributed by atoms with E-state index >= 15 is 0 Å². The molecule has 2 aromatic rings. The number of carboxylic acids is 1. The zero-order chi connectivity index (χ0) is 23.6. The van der Waals surface area contributed by atoms with Gasteiger partial charge >= 0.3 is 12.1 Å². The molecule has 180 valence electrons. The van der Waals surface area contributed by atoms with Crippen LogP contribution in [0.1, 0.15) is 29.6 Å². The van der Waals surface area contributed by atoms with E-state index in [4.69, 9.17) is 14.7 Å². The topological polar surface area (TPSA) is 77.7 Å². The van der Waals surface area contributed by atoms with Crippen molar-refractivity contribution in [2.24, 2.45) is 5.92 Å². The number of piperazine rings is 1. The molecular formula is C22H27F3N4O4. The van der Waals surface area contributed by atoms with Gasteiger partial charge < -0.3 is 14.4 Å². The molecule has 2 aromatic heterocycles. The van der Waals surface area contributed by atoms with E-state index in [1.165, 1.54) is 30.3 Å². The number of nitrogens with zero attached hydrogens (tertiary/aromatic N) is 4. The molecule has 0 atom stereocenters. The van der Waals surface area contributed by atoms with Gasteiger partial charge in [0.15, 0.2) is 0 Å². The molecule has 33 heavy (non-hydrogen) atoms. The SMILES string of the molecule is O=C(O)C(F)(F)F.O=C(c1ccc2ccc(N3CCN(CC4CC4)CC3)n2c1)N1CCCO1. The van der Waals surface area contributed by atoms with Gasteiger partial charge in [-0.2, -0.15) is 13.2 Å². The number of pyridine rings is 1. The maximum Gasteiger partial charge on any atom is 0.490 e. The highest BCUT2D eigenvalue weighted by molar-refractivity contribution is 5.94. The molecule has 1 amide bonds. The van der Waals surface area contributed by atoms with Crippen LogP contribution in [-0.4, -0.2) is 83.4 Å². The second kappa shape index (κ2) is 9.60. The fourth-order valence-corrected chi connectivity index (χ4v) is 4.05. The van der Waals surface area contributed by atoms with Crippen molar-refractivity contribution in [1.29, 1.82) is 0 Å². The van der Waals surface area contributed by atoms with E-state index in [0.717, 1.165) is 44.0 Å². The van der Waals surface area contributed by atoms with Gasteiger partial charge in [0.25, 0.3) is 5.91 Å². The largest absolute Gasteiger partial charge is 0.490 e. The van der Waals surface area contributed by atoms with E-state index in [9.17, 15) is 18.0 Å². The fourth-order valence-electron chi connectivity index (χ4n) is 4.05. The predicted molar refractivity (Wildman–Crippen MR) is 114 cm³/mol. The number of aliphatic carboxylic acids is 1. The number of hydroxylamine groups is 2. The van der Waals surface area contributed by atoms with Crippen molar-refractivity contribution < 1.29 is 32.7 Å². The number of carbonyl (C=O) groups is 2. The summed E-state index contributed by atoms with van der Waals surface area (Å²) >= 11 is 0. The third-order valence-electron chi connectivity index (χ3n) is 6.01. The zero-order valence-electron chi connectivity index (χ0n) is 18.1. The average molecular weight is 468 g/mol. The van der Waals surface area contributed by atoms with Crippen molar-refractivity contribution >= 4 is 23.2 Å². The maximum absolute atomic E-state index is 12.6. The first-order valence-electron chi connectivity index (χ1n) is 11.1. The van der Waals surface area contributed by atoms with Gasteiger partial charge in [0.1, 0.15) is 5.82 Å². The van der Waals surface area contributed by atoms with Crippen molar-refractivity contribution in [3.63, 3.8) is 0 Å². The van der Waals surface area contributed by atoms with Crippen molar-refractivity contribution in [3.8, 4) is 0 Å². The van der Waals surface area contributed by atoms with Crippen LogP contribution in [0, 0.1) is 5.92 Å². The van der Waals surface area contributed by atoms with E-state index < -0.39 is 12.1 Å². The Morgan fingerprint density at radius 3 is 2.27 bits per heavy atom. The average Bonchev–Trinajstić information content (AvgIpc) is 3.26. The van der Waals surface area contributed by atoms with Gasteiger partial charge in [-0.3, -0.25) is 14.5 Å². The molecule has 0 unspecified atom stereocenters. The van der Waals surface area contributed by atoms with Gasteiger partial charge in [0, 0.05) is 44.4 Å². The van der Waals surface area contributed by atoms with Crippen LogP contribution in [-0.2, 0) is 9.63 Å². The van der Waals surface area contributed by atoms with Gasteiger partial charge in [-0.25, -0.2) is 9.86 Å². The smallest absolute Gasteiger partial charge is 0.475 e. The molecule has 11 heteroatoms. The van der Waals surface area contributed by atoms with Crippen LogP contribution in [0.25, 0.3) is 5.52 Å². The standard InChI is InChI=1S/C20H26N4O2.C2HF3O2/c25-20(24-8-1-13-26-24)17-4-5-18-6-7-19(23(18)15-17)22-11-9-21(10-12-22)14-16-2-3-16;3-2(4,5)1(6)7/h4-7,15-16H,1-3,8-14H2;(H,6,7). The molecule has 8 nitrogen and oxygen atoms in total. The van der Waals surface area contributed by atoms with Crippen LogP contribution < -0.4 is 4.90 Å². The first-order valence-corrected chi connectivity index (χ1v) is 11.1. The summed E-state index contributed by atoms with van der Waals surface area (Å²) < 4.78 is 33.9. The normalized spacial score (nSPS) is 19.5. The molecule has 2 aliphatic heterocycles. The van der Waals surface area contributed by atoms with Crippen LogP contribution in [0.4, 0.5) is 19.0 Å². The molecule has 0 radical (unpaired) electrons. The molecule has 3 aliphatic rings. The number of aromatic nitrogens is 1. The highest BCUT2D eigenvalue weighted by Gasteiger charge is 2.38. The lowest BCUT2D eigenvalue weighted by molar-refractivity contribution is -0.192. The summed E-state index contributed by atoms with van der Waals surface area (Å²) in [4.78, 5) is 32.0.